The molecular formula is C12H20O. The Bertz CT molecular complexity index is 164. The van der Waals surface area contributed by atoms with Gasteiger partial charge in [0.25, 0.3) is 0 Å². The van der Waals surface area contributed by atoms with Crippen LogP contribution in [0.5, 0.6) is 0 Å². The third kappa shape index (κ3) is 2.12. The van der Waals surface area contributed by atoms with Crippen molar-refractivity contribution < 1.29 is 4.79 Å². The van der Waals surface area contributed by atoms with Crippen LogP contribution in [0.3, 0.4) is 0 Å². The lowest BCUT2D eigenvalue weighted by molar-refractivity contribution is -0.109. The van der Waals surface area contributed by atoms with E-state index in [1.165, 1.54) is 44.9 Å². The molecule has 13 heavy (non-hydrogen) atoms. The van der Waals surface area contributed by atoms with Gasteiger partial charge in [-0.3, -0.25) is 0 Å². The monoisotopic (exact) mass is 180 g/mol. The summed E-state index contributed by atoms with van der Waals surface area (Å²) in [5, 5.41) is 0. The van der Waals surface area contributed by atoms with Crippen LogP contribution in [0, 0.1) is 17.8 Å². The van der Waals surface area contributed by atoms with Gasteiger partial charge in [0.05, 0.1) is 0 Å². The summed E-state index contributed by atoms with van der Waals surface area (Å²) in [4.78, 5) is 10.3. The van der Waals surface area contributed by atoms with Gasteiger partial charge >= 0.3 is 0 Å². The van der Waals surface area contributed by atoms with Crippen LogP contribution in [0.4, 0.5) is 0 Å². The van der Waals surface area contributed by atoms with E-state index in [1.54, 1.807) is 0 Å². The highest BCUT2D eigenvalue weighted by molar-refractivity contribution is 5.49. The minimum absolute atomic E-state index is 0.754. The van der Waals surface area contributed by atoms with Crippen molar-refractivity contribution in [2.75, 3.05) is 0 Å². The zero-order chi connectivity index (χ0) is 9.10. The van der Waals surface area contributed by atoms with E-state index in [0.717, 1.165) is 30.5 Å². The zero-order valence-corrected chi connectivity index (χ0v) is 8.37. The highest BCUT2D eigenvalue weighted by Gasteiger charge is 2.34. The van der Waals surface area contributed by atoms with E-state index in [-0.39, 0.29) is 0 Å². The van der Waals surface area contributed by atoms with Gasteiger partial charge in [-0.1, -0.05) is 32.1 Å². The van der Waals surface area contributed by atoms with E-state index in [2.05, 4.69) is 0 Å². The number of rotatable bonds is 3. The molecular weight excluding hydrogens is 160 g/mol. The van der Waals surface area contributed by atoms with Crippen LogP contribution >= 0.6 is 0 Å². The number of carbonyl (C=O) groups is 1. The number of aldehydes is 1. The van der Waals surface area contributed by atoms with Crippen LogP contribution in [0.25, 0.3) is 0 Å². The number of hydrogen-bond donors (Lipinski definition) is 0. The molecule has 0 unspecified atom stereocenters. The zero-order valence-electron chi connectivity index (χ0n) is 8.37. The summed E-state index contributed by atoms with van der Waals surface area (Å²) in [6.45, 7) is 0. The molecule has 0 bridgehead atoms. The molecule has 0 aliphatic heterocycles. The van der Waals surface area contributed by atoms with Gasteiger partial charge in [0.1, 0.15) is 6.29 Å². The van der Waals surface area contributed by atoms with Crippen molar-refractivity contribution in [3.8, 4) is 0 Å². The van der Waals surface area contributed by atoms with E-state index >= 15 is 0 Å². The summed E-state index contributed by atoms with van der Waals surface area (Å²) in [6, 6.07) is 0. The van der Waals surface area contributed by atoms with Crippen LogP contribution in [-0.2, 0) is 4.79 Å². The molecule has 0 radical (unpaired) electrons. The molecule has 1 heteroatoms. The Balaban J connectivity index is 1.69. The fourth-order valence-corrected chi connectivity index (χ4v) is 3.11. The summed E-state index contributed by atoms with van der Waals surface area (Å²) < 4.78 is 0. The third-order valence-electron chi connectivity index (χ3n) is 4.02. The Labute approximate surface area is 80.9 Å². The van der Waals surface area contributed by atoms with Crippen LogP contribution in [0.1, 0.15) is 51.4 Å². The fraction of sp³-hybridized carbons (Fsp3) is 0.917. The second-order valence-corrected chi connectivity index (χ2v) is 4.90. The average molecular weight is 180 g/mol. The molecule has 2 aliphatic rings. The first-order valence-corrected chi connectivity index (χ1v) is 5.84. The molecule has 0 N–H and O–H groups in total. The predicted octanol–water partition coefficient (Wildman–Crippen LogP) is 3.18. The van der Waals surface area contributed by atoms with Gasteiger partial charge in [-0.15, -0.1) is 0 Å². The fourth-order valence-electron chi connectivity index (χ4n) is 3.11. The molecule has 74 valence electrons. The molecule has 0 aromatic carbocycles. The maximum Gasteiger partial charge on any atom is 0.120 e. The first-order valence-electron chi connectivity index (χ1n) is 5.84. The normalized spacial score (nSPS) is 35.4. The van der Waals surface area contributed by atoms with Crippen molar-refractivity contribution in [3.63, 3.8) is 0 Å². The SMILES string of the molecule is O=CCC1CC(C2CCCCC2)C1. The van der Waals surface area contributed by atoms with E-state index in [9.17, 15) is 4.79 Å². The van der Waals surface area contributed by atoms with E-state index in [1.807, 2.05) is 0 Å². The first kappa shape index (κ1) is 9.23. The Kier molecular flexibility index (Phi) is 3.02. The minimum Gasteiger partial charge on any atom is -0.303 e. The van der Waals surface area contributed by atoms with Gasteiger partial charge in [0.2, 0.25) is 0 Å². The Morgan fingerprint density at radius 1 is 1.00 bits per heavy atom. The molecule has 2 aliphatic carbocycles. The highest BCUT2D eigenvalue weighted by Crippen LogP contribution is 2.45. The largest absolute Gasteiger partial charge is 0.303 e. The maximum atomic E-state index is 10.3. The van der Waals surface area contributed by atoms with E-state index in [0.29, 0.717) is 0 Å². The van der Waals surface area contributed by atoms with Crippen LogP contribution in [0.2, 0.25) is 0 Å². The molecule has 2 saturated carbocycles. The second-order valence-electron chi connectivity index (χ2n) is 4.90. The van der Waals surface area contributed by atoms with Crippen LogP contribution in [-0.4, -0.2) is 6.29 Å². The lowest BCUT2D eigenvalue weighted by atomic mass is 9.64. The minimum atomic E-state index is 0.754. The molecule has 0 aromatic rings. The number of hydrogen-bond acceptors (Lipinski definition) is 1. The molecule has 0 spiro atoms. The molecule has 0 atom stereocenters. The summed E-state index contributed by atoms with van der Waals surface area (Å²) in [7, 11) is 0. The Morgan fingerprint density at radius 3 is 2.31 bits per heavy atom. The van der Waals surface area contributed by atoms with Gasteiger partial charge in [0.15, 0.2) is 0 Å². The quantitative estimate of drug-likeness (QED) is 0.610. The molecule has 1 nitrogen and oxygen atoms in total. The van der Waals surface area contributed by atoms with Gasteiger partial charge in [-0.2, -0.15) is 0 Å². The average Bonchev–Trinajstić information content (AvgIpc) is 2.12. The van der Waals surface area contributed by atoms with E-state index < -0.39 is 0 Å². The molecule has 0 saturated heterocycles. The Morgan fingerprint density at radius 2 is 1.69 bits per heavy atom. The molecule has 2 rings (SSSR count). The van der Waals surface area contributed by atoms with Crippen molar-refractivity contribution in [2.24, 2.45) is 17.8 Å². The first-order chi connectivity index (χ1) is 6.40. The Hall–Kier alpha value is -0.330. The highest BCUT2D eigenvalue weighted by atomic mass is 16.1. The van der Waals surface area contributed by atoms with Crippen LogP contribution in [0.15, 0.2) is 0 Å². The summed E-state index contributed by atoms with van der Waals surface area (Å²) >= 11 is 0. The van der Waals surface area contributed by atoms with Crippen molar-refractivity contribution in [3.05, 3.63) is 0 Å². The predicted molar refractivity (Wildman–Crippen MR) is 53.5 cm³/mol. The van der Waals surface area contributed by atoms with E-state index in [4.69, 9.17) is 0 Å². The summed E-state index contributed by atoms with van der Waals surface area (Å²) in [5.41, 5.74) is 0. The standard InChI is InChI=1S/C12H20O/c13-7-6-10-8-12(9-10)11-4-2-1-3-5-11/h7,10-12H,1-6,8-9H2. The van der Waals surface area contributed by atoms with Gasteiger partial charge in [-0.25, -0.2) is 0 Å². The third-order valence-corrected chi connectivity index (χ3v) is 4.02. The molecule has 2 fully saturated rings. The lowest BCUT2D eigenvalue weighted by Crippen LogP contribution is -2.31. The summed E-state index contributed by atoms with van der Waals surface area (Å²) in [5.74, 6) is 2.77. The molecule has 0 amide bonds. The summed E-state index contributed by atoms with van der Waals surface area (Å²) in [6.07, 6.45) is 11.9. The van der Waals surface area contributed by atoms with Crippen molar-refractivity contribution in [1.29, 1.82) is 0 Å². The van der Waals surface area contributed by atoms with Gasteiger partial charge in [-0.05, 0) is 30.6 Å². The second kappa shape index (κ2) is 4.26. The number of carbonyl (C=O) groups excluding carboxylic acids is 1. The van der Waals surface area contributed by atoms with Gasteiger partial charge < -0.3 is 4.79 Å². The molecule has 0 heterocycles. The lowest BCUT2D eigenvalue weighted by Gasteiger charge is -2.41. The topological polar surface area (TPSA) is 17.1 Å². The van der Waals surface area contributed by atoms with Gasteiger partial charge in [0, 0.05) is 6.42 Å². The van der Waals surface area contributed by atoms with Crippen LogP contribution < -0.4 is 0 Å². The molecule has 0 aromatic heterocycles. The van der Waals surface area contributed by atoms with Crippen molar-refractivity contribution >= 4 is 6.29 Å². The van der Waals surface area contributed by atoms with Crippen molar-refractivity contribution in [1.82, 2.24) is 0 Å². The maximum absolute atomic E-state index is 10.3. The van der Waals surface area contributed by atoms with Crippen molar-refractivity contribution in [2.45, 2.75) is 51.4 Å². The smallest absolute Gasteiger partial charge is 0.120 e.